The van der Waals surface area contributed by atoms with Crippen LogP contribution in [0.5, 0.6) is 0 Å². The Balaban J connectivity index is 2.18. The first-order valence-electron chi connectivity index (χ1n) is 5.12. The van der Waals surface area contributed by atoms with Crippen LogP contribution in [-0.2, 0) is 0 Å². The topological polar surface area (TPSA) is 17.3 Å². The van der Waals surface area contributed by atoms with Gasteiger partial charge in [-0.3, -0.25) is 0 Å². The highest BCUT2D eigenvalue weighted by Gasteiger charge is 2.04. The molecule has 0 aliphatic carbocycles. The van der Waals surface area contributed by atoms with Crippen molar-refractivity contribution in [2.24, 2.45) is 0 Å². The van der Waals surface area contributed by atoms with Crippen LogP contribution in [0.25, 0.3) is 16.9 Å². The van der Waals surface area contributed by atoms with E-state index in [0.717, 1.165) is 26.4 Å². The van der Waals surface area contributed by atoms with Crippen molar-refractivity contribution in [2.75, 3.05) is 0 Å². The molecule has 17 heavy (non-hydrogen) atoms. The minimum Gasteiger partial charge on any atom is -0.306 e. The van der Waals surface area contributed by atoms with Gasteiger partial charge in [-0.25, -0.2) is 4.98 Å². The summed E-state index contributed by atoms with van der Waals surface area (Å²) in [6.45, 7) is 0. The van der Waals surface area contributed by atoms with E-state index in [1.165, 1.54) is 0 Å². The Morgan fingerprint density at radius 1 is 1.18 bits per heavy atom. The van der Waals surface area contributed by atoms with Gasteiger partial charge in [0.25, 0.3) is 0 Å². The van der Waals surface area contributed by atoms with E-state index in [0.29, 0.717) is 0 Å². The van der Waals surface area contributed by atoms with Crippen molar-refractivity contribution < 1.29 is 0 Å². The molecule has 2 aromatic heterocycles. The molecule has 0 saturated carbocycles. The first-order valence-corrected chi connectivity index (χ1v) is 6.30. The second-order valence-electron chi connectivity index (χ2n) is 3.75. The van der Waals surface area contributed by atoms with Gasteiger partial charge < -0.3 is 4.40 Å². The number of nitrogens with zero attached hydrogens (tertiary/aromatic N) is 2. The molecule has 0 unspecified atom stereocenters. The normalized spacial score (nSPS) is 10.9. The molecule has 2 nitrogen and oxygen atoms in total. The van der Waals surface area contributed by atoms with Crippen molar-refractivity contribution in [3.63, 3.8) is 0 Å². The van der Waals surface area contributed by atoms with E-state index in [1.54, 1.807) is 0 Å². The zero-order chi connectivity index (χ0) is 11.8. The molecular formula is C13H8BrClN2. The quantitative estimate of drug-likeness (QED) is 0.650. The van der Waals surface area contributed by atoms with Gasteiger partial charge in [-0.2, -0.15) is 0 Å². The van der Waals surface area contributed by atoms with Gasteiger partial charge in [0.05, 0.1) is 5.69 Å². The molecule has 84 valence electrons. The summed E-state index contributed by atoms with van der Waals surface area (Å²) < 4.78 is 3.01. The van der Waals surface area contributed by atoms with Gasteiger partial charge in [-0.1, -0.05) is 39.7 Å². The molecule has 0 atom stereocenters. The van der Waals surface area contributed by atoms with Gasteiger partial charge in [0, 0.05) is 27.5 Å². The van der Waals surface area contributed by atoms with Crippen LogP contribution in [0.1, 0.15) is 0 Å². The third kappa shape index (κ3) is 2.08. The summed E-state index contributed by atoms with van der Waals surface area (Å²) in [5, 5.41) is 0.723. The maximum absolute atomic E-state index is 5.98. The number of hydrogen-bond acceptors (Lipinski definition) is 1. The molecular weight excluding hydrogens is 300 g/mol. The van der Waals surface area contributed by atoms with Crippen LogP contribution < -0.4 is 0 Å². The van der Waals surface area contributed by atoms with Crippen LogP contribution in [0.2, 0.25) is 5.02 Å². The van der Waals surface area contributed by atoms with Crippen LogP contribution in [0.15, 0.2) is 53.3 Å². The number of imidazole rings is 1. The Bertz CT molecular complexity index is 691. The van der Waals surface area contributed by atoms with Crippen LogP contribution in [0, 0.1) is 0 Å². The molecule has 0 aliphatic rings. The van der Waals surface area contributed by atoms with E-state index in [1.807, 2.05) is 53.2 Å². The standard InChI is InChI=1S/C13H8BrClN2/c14-10-4-5-17-8-12(16-13(17)7-10)9-2-1-3-11(15)6-9/h1-8H. The fourth-order valence-electron chi connectivity index (χ4n) is 1.74. The average Bonchev–Trinajstić information content (AvgIpc) is 2.72. The zero-order valence-corrected chi connectivity index (χ0v) is 11.1. The summed E-state index contributed by atoms with van der Waals surface area (Å²) in [7, 11) is 0. The maximum Gasteiger partial charge on any atom is 0.138 e. The van der Waals surface area contributed by atoms with Crippen molar-refractivity contribution >= 4 is 33.2 Å². The summed E-state index contributed by atoms with van der Waals surface area (Å²) >= 11 is 9.41. The third-order valence-electron chi connectivity index (χ3n) is 2.54. The lowest BCUT2D eigenvalue weighted by atomic mass is 10.2. The predicted molar refractivity (Wildman–Crippen MR) is 73.3 cm³/mol. The second-order valence-corrected chi connectivity index (χ2v) is 5.10. The van der Waals surface area contributed by atoms with Gasteiger partial charge >= 0.3 is 0 Å². The maximum atomic E-state index is 5.98. The van der Waals surface area contributed by atoms with E-state index in [2.05, 4.69) is 20.9 Å². The van der Waals surface area contributed by atoms with Gasteiger partial charge in [-0.15, -0.1) is 0 Å². The lowest BCUT2D eigenvalue weighted by molar-refractivity contribution is 1.18. The Hall–Kier alpha value is -1.32. The Labute approximate surface area is 112 Å². The van der Waals surface area contributed by atoms with Crippen LogP contribution in [0.4, 0.5) is 0 Å². The molecule has 0 amide bonds. The number of hydrogen-bond donors (Lipinski definition) is 0. The fraction of sp³-hybridized carbons (Fsp3) is 0. The Morgan fingerprint density at radius 3 is 2.88 bits per heavy atom. The number of pyridine rings is 1. The molecule has 0 fully saturated rings. The van der Waals surface area contributed by atoms with E-state index < -0.39 is 0 Å². The van der Waals surface area contributed by atoms with Crippen molar-refractivity contribution in [1.82, 2.24) is 9.38 Å². The van der Waals surface area contributed by atoms with Gasteiger partial charge in [-0.05, 0) is 24.3 Å². The molecule has 3 rings (SSSR count). The van der Waals surface area contributed by atoms with Crippen LogP contribution in [-0.4, -0.2) is 9.38 Å². The SMILES string of the molecule is Clc1cccc(-c2cn3ccc(Br)cc3n2)c1. The monoisotopic (exact) mass is 306 g/mol. The summed E-state index contributed by atoms with van der Waals surface area (Å²) in [5.41, 5.74) is 2.86. The van der Waals surface area contributed by atoms with Crippen molar-refractivity contribution in [2.45, 2.75) is 0 Å². The molecule has 0 bridgehead atoms. The molecule has 0 aliphatic heterocycles. The summed E-state index contributed by atoms with van der Waals surface area (Å²) in [5.74, 6) is 0. The second kappa shape index (κ2) is 4.17. The molecule has 0 radical (unpaired) electrons. The lowest BCUT2D eigenvalue weighted by Gasteiger charge is -1.95. The Morgan fingerprint density at radius 2 is 2.06 bits per heavy atom. The molecule has 0 N–H and O–H groups in total. The molecule has 0 spiro atoms. The summed E-state index contributed by atoms with van der Waals surface area (Å²) in [6.07, 6.45) is 3.97. The summed E-state index contributed by atoms with van der Waals surface area (Å²) in [4.78, 5) is 4.56. The van der Waals surface area contributed by atoms with Gasteiger partial charge in [0.15, 0.2) is 0 Å². The van der Waals surface area contributed by atoms with E-state index in [9.17, 15) is 0 Å². The van der Waals surface area contributed by atoms with Crippen molar-refractivity contribution in [1.29, 1.82) is 0 Å². The molecule has 0 saturated heterocycles. The first kappa shape index (κ1) is 10.8. The van der Waals surface area contributed by atoms with E-state index >= 15 is 0 Å². The highest BCUT2D eigenvalue weighted by molar-refractivity contribution is 9.10. The van der Waals surface area contributed by atoms with Crippen LogP contribution >= 0.6 is 27.5 Å². The summed E-state index contributed by atoms with van der Waals surface area (Å²) in [6, 6.07) is 11.7. The Kier molecular flexibility index (Phi) is 2.65. The highest BCUT2D eigenvalue weighted by Crippen LogP contribution is 2.23. The minimum absolute atomic E-state index is 0.723. The molecule has 4 heteroatoms. The van der Waals surface area contributed by atoms with E-state index in [4.69, 9.17) is 11.6 Å². The van der Waals surface area contributed by atoms with Crippen molar-refractivity contribution in [3.8, 4) is 11.3 Å². The average molecular weight is 308 g/mol. The molecule has 3 aromatic rings. The largest absolute Gasteiger partial charge is 0.306 e. The third-order valence-corrected chi connectivity index (χ3v) is 3.27. The number of benzene rings is 1. The van der Waals surface area contributed by atoms with Crippen LogP contribution in [0.3, 0.4) is 0 Å². The number of rotatable bonds is 1. The lowest BCUT2D eigenvalue weighted by Crippen LogP contribution is -1.79. The molecule has 2 heterocycles. The zero-order valence-electron chi connectivity index (χ0n) is 8.77. The fourth-order valence-corrected chi connectivity index (χ4v) is 2.26. The van der Waals surface area contributed by atoms with Gasteiger partial charge in [0.1, 0.15) is 5.65 Å². The highest BCUT2D eigenvalue weighted by atomic mass is 79.9. The number of halogens is 2. The van der Waals surface area contributed by atoms with E-state index in [-0.39, 0.29) is 0 Å². The van der Waals surface area contributed by atoms with Crippen molar-refractivity contribution in [3.05, 3.63) is 58.3 Å². The molecule has 1 aromatic carbocycles. The first-order chi connectivity index (χ1) is 8.22. The number of fused-ring (bicyclic) bond motifs is 1. The number of aromatic nitrogens is 2. The minimum atomic E-state index is 0.723. The van der Waals surface area contributed by atoms with Gasteiger partial charge in [0.2, 0.25) is 0 Å². The smallest absolute Gasteiger partial charge is 0.138 e. The predicted octanol–water partition coefficient (Wildman–Crippen LogP) is 4.42.